The van der Waals surface area contributed by atoms with E-state index in [1.165, 1.54) is 0 Å². The van der Waals surface area contributed by atoms with Crippen LogP contribution >= 0.6 is 15.9 Å². The highest BCUT2D eigenvalue weighted by atomic mass is 79.9. The second kappa shape index (κ2) is 5.15. The van der Waals surface area contributed by atoms with Crippen LogP contribution in [0.2, 0.25) is 0 Å². The summed E-state index contributed by atoms with van der Waals surface area (Å²) in [5.41, 5.74) is 3.11. The van der Waals surface area contributed by atoms with Gasteiger partial charge in [-0.1, -0.05) is 28.1 Å². The van der Waals surface area contributed by atoms with Gasteiger partial charge in [-0.25, -0.2) is 4.98 Å². The number of aromatic nitrogens is 2. The number of hydrogen-bond acceptors (Lipinski definition) is 2. The molecule has 0 radical (unpaired) electrons. The van der Waals surface area contributed by atoms with Crippen molar-refractivity contribution in [1.82, 2.24) is 9.97 Å². The minimum absolute atomic E-state index is 0.0916. The Kier molecular flexibility index (Phi) is 3.36. The summed E-state index contributed by atoms with van der Waals surface area (Å²) < 4.78 is 6.73. The molecule has 0 fully saturated rings. The normalized spacial score (nSPS) is 12.7. The van der Waals surface area contributed by atoms with Crippen LogP contribution in [-0.4, -0.2) is 17.1 Å². The van der Waals surface area contributed by atoms with Crippen molar-refractivity contribution in [2.24, 2.45) is 0 Å². The van der Waals surface area contributed by atoms with E-state index in [1.807, 2.05) is 24.4 Å². The quantitative estimate of drug-likeness (QED) is 0.791. The summed E-state index contributed by atoms with van der Waals surface area (Å²) in [6.45, 7) is 0. The monoisotopic (exact) mass is 316 g/mol. The lowest BCUT2D eigenvalue weighted by Crippen LogP contribution is -2.02. The van der Waals surface area contributed by atoms with E-state index in [4.69, 9.17) is 4.74 Å². The molecule has 0 saturated carbocycles. The van der Waals surface area contributed by atoms with Crippen LogP contribution in [0.25, 0.3) is 11.0 Å². The topological polar surface area (TPSA) is 37.9 Å². The molecule has 0 amide bonds. The molecule has 0 aliphatic carbocycles. The molecular weight excluding hydrogens is 304 g/mol. The molecule has 19 heavy (non-hydrogen) atoms. The smallest absolute Gasteiger partial charge is 0.137 e. The number of fused-ring (bicyclic) bond motifs is 1. The molecule has 3 rings (SSSR count). The van der Waals surface area contributed by atoms with E-state index >= 15 is 0 Å². The molecular formula is C15H13BrN2O. The summed E-state index contributed by atoms with van der Waals surface area (Å²) in [5, 5.41) is 1.09. The SMILES string of the molecule is COC(c1ccc(Br)cc1)c1c[nH]c2ncccc12. The summed E-state index contributed by atoms with van der Waals surface area (Å²) >= 11 is 3.45. The lowest BCUT2D eigenvalue weighted by molar-refractivity contribution is 0.137. The minimum atomic E-state index is -0.0916. The van der Waals surface area contributed by atoms with E-state index in [9.17, 15) is 0 Å². The third kappa shape index (κ3) is 2.29. The number of aromatic amines is 1. The maximum Gasteiger partial charge on any atom is 0.137 e. The van der Waals surface area contributed by atoms with Gasteiger partial charge >= 0.3 is 0 Å². The van der Waals surface area contributed by atoms with Gasteiger partial charge in [-0.3, -0.25) is 0 Å². The van der Waals surface area contributed by atoms with Crippen molar-refractivity contribution >= 4 is 27.0 Å². The van der Waals surface area contributed by atoms with Crippen LogP contribution in [0.15, 0.2) is 53.3 Å². The van der Waals surface area contributed by atoms with E-state index in [-0.39, 0.29) is 6.10 Å². The third-order valence-corrected chi connectivity index (χ3v) is 3.70. The van der Waals surface area contributed by atoms with Crippen molar-refractivity contribution in [1.29, 1.82) is 0 Å². The lowest BCUT2D eigenvalue weighted by Gasteiger charge is -2.15. The molecule has 2 aromatic heterocycles. The molecule has 96 valence electrons. The van der Waals surface area contributed by atoms with E-state index in [0.29, 0.717) is 0 Å². The Labute approximate surface area is 119 Å². The van der Waals surface area contributed by atoms with Crippen LogP contribution in [-0.2, 0) is 4.74 Å². The van der Waals surface area contributed by atoms with Crippen LogP contribution in [0.5, 0.6) is 0 Å². The highest BCUT2D eigenvalue weighted by Crippen LogP contribution is 2.31. The zero-order chi connectivity index (χ0) is 13.2. The van der Waals surface area contributed by atoms with Crippen molar-refractivity contribution in [3.8, 4) is 0 Å². The predicted octanol–water partition coefficient (Wildman–Crippen LogP) is 4.06. The average molecular weight is 317 g/mol. The summed E-state index contributed by atoms with van der Waals surface area (Å²) in [4.78, 5) is 7.49. The molecule has 3 aromatic rings. The molecule has 1 atom stereocenters. The van der Waals surface area contributed by atoms with E-state index in [1.54, 1.807) is 13.3 Å². The lowest BCUT2D eigenvalue weighted by atomic mass is 10.0. The van der Waals surface area contributed by atoms with E-state index in [2.05, 4.69) is 44.1 Å². The van der Waals surface area contributed by atoms with Crippen LogP contribution in [0.4, 0.5) is 0 Å². The largest absolute Gasteiger partial charge is 0.372 e. The van der Waals surface area contributed by atoms with E-state index in [0.717, 1.165) is 26.6 Å². The first-order chi connectivity index (χ1) is 9.29. The number of nitrogens with one attached hydrogen (secondary N) is 1. The number of hydrogen-bond donors (Lipinski definition) is 1. The first kappa shape index (κ1) is 12.4. The van der Waals surface area contributed by atoms with Gasteiger partial charge in [-0.15, -0.1) is 0 Å². The van der Waals surface area contributed by atoms with Gasteiger partial charge in [0.2, 0.25) is 0 Å². The maximum absolute atomic E-state index is 5.67. The van der Waals surface area contributed by atoms with Gasteiger partial charge in [0, 0.05) is 34.9 Å². The fourth-order valence-corrected chi connectivity index (χ4v) is 2.54. The van der Waals surface area contributed by atoms with Crippen LogP contribution in [0, 0.1) is 0 Å². The molecule has 1 aromatic carbocycles. The van der Waals surface area contributed by atoms with Crippen LogP contribution < -0.4 is 0 Å². The van der Waals surface area contributed by atoms with Gasteiger partial charge in [0.25, 0.3) is 0 Å². The Bertz CT molecular complexity index is 691. The fraction of sp³-hybridized carbons (Fsp3) is 0.133. The van der Waals surface area contributed by atoms with Gasteiger partial charge in [0.05, 0.1) is 0 Å². The van der Waals surface area contributed by atoms with Crippen molar-refractivity contribution in [2.45, 2.75) is 6.10 Å². The van der Waals surface area contributed by atoms with Crippen molar-refractivity contribution < 1.29 is 4.74 Å². The standard InChI is InChI=1S/C15H13BrN2O/c1-19-14(10-4-6-11(16)7-5-10)13-9-18-15-12(13)3-2-8-17-15/h2-9,14H,1H3,(H,17,18). The number of nitrogens with zero attached hydrogens (tertiary/aromatic N) is 1. The highest BCUT2D eigenvalue weighted by molar-refractivity contribution is 9.10. The molecule has 1 unspecified atom stereocenters. The number of methoxy groups -OCH3 is 1. The Balaban J connectivity index is 2.09. The Hall–Kier alpha value is -1.65. The molecule has 0 saturated heterocycles. The van der Waals surface area contributed by atoms with Gasteiger partial charge in [-0.05, 0) is 29.8 Å². The van der Waals surface area contributed by atoms with Gasteiger partial charge in [0.1, 0.15) is 11.8 Å². The summed E-state index contributed by atoms with van der Waals surface area (Å²) in [5.74, 6) is 0. The molecule has 0 aliphatic heterocycles. The number of ether oxygens (including phenoxy) is 1. The Morgan fingerprint density at radius 2 is 2.00 bits per heavy atom. The Morgan fingerprint density at radius 1 is 1.21 bits per heavy atom. The second-order valence-electron chi connectivity index (χ2n) is 4.31. The third-order valence-electron chi connectivity index (χ3n) is 3.17. The second-order valence-corrected chi connectivity index (χ2v) is 5.23. The fourth-order valence-electron chi connectivity index (χ4n) is 2.27. The molecule has 0 aliphatic rings. The molecule has 1 N–H and O–H groups in total. The number of pyridine rings is 1. The first-order valence-electron chi connectivity index (χ1n) is 6.00. The molecule has 0 spiro atoms. The predicted molar refractivity (Wildman–Crippen MR) is 79.1 cm³/mol. The molecule has 3 nitrogen and oxygen atoms in total. The number of rotatable bonds is 3. The summed E-state index contributed by atoms with van der Waals surface area (Å²) in [6.07, 6.45) is 3.66. The van der Waals surface area contributed by atoms with Crippen LogP contribution in [0.3, 0.4) is 0 Å². The van der Waals surface area contributed by atoms with Crippen molar-refractivity contribution in [3.05, 3.63) is 64.4 Å². The average Bonchev–Trinajstić information content (AvgIpc) is 2.86. The first-order valence-corrected chi connectivity index (χ1v) is 6.79. The number of benzene rings is 1. The Morgan fingerprint density at radius 3 is 2.74 bits per heavy atom. The molecule has 0 bridgehead atoms. The van der Waals surface area contributed by atoms with Gasteiger partial charge in [-0.2, -0.15) is 0 Å². The maximum atomic E-state index is 5.67. The van der Waals surface area contributed by atoms with Gasteiger partial charge in [0.15, 0.2) is 0 Å². The van der Waals surface area contributed by atoms with Crippen LogP contribution in [0.1, 0.15) is 17.2 Å². The summed E-state index contributed by atoms with van der Waals surface area (Å²) in [6, 6.07) is 12.2. The number of H-pyrrole nitrogens is 1. The van der Waals surface area contributed by atoms with Gasteiger partial charge < -0.3 is 9.72 Å². The number of halogens is 1. The van der Waals surface area contributed by atoms with Crippen molar-refractivity contribution in [3.63, 3.8) is 0 Å². The minimum Gasteiger partial charge on any atom is -0.372 e. The molecule has 4 heteroatoms. The summed E-state index contributed by atoms with van der Waals surface area (Å²) in [7, 11) is 1.72. The van der Waals surface area contributed by atoms with Crippen molar-refractivity contribution in [2.75, 3.05) is 7.11 Å². The molecule has 2 heterocycles. The zero-order valence-electron chi connectivity index (χ0n) is 10.4. The van der Waals surface area contributed by atoms with E-state index < -0.39 is 0 Å². The highest BCUT2D eigenvalue weighted by Gasteiger charge is 2.17. The zero-order valence-corrected chi connectivity index (χ0v) is 12.0.